The normalized spacial score (nSPS) is 12.5. The summed E-state index contributed by atoms with van der Waals surface area (Å²) in [6.07, 6.45) is 69.3. The second kappa shape index (κ2) is 55.7. The van der Waals surface area contributed by atoms with Crippen LogP contribution in [0.5, 0.6) is 0 Å². The van der Waals surface area contributed by atoms with E-state index in [9.17, 15) is 14.4 Å². The molecule has 0 radical (unpaired) electrons. The van der Waals surface area contributed by atoms with Gasteiger partial charge >= 0.3 is 17.9 Å². The Balaban J connectivity index is 4.25. The average Bonchev–Trinajstić information content (AvgIpc) is 3.33. The second-order valence-corrected chi connectivity index (χ2v) is 19.2. The van der Waals surface area contributed by atoms with Crippen LogP contribution in [-0.2, 0) is 28.6 Å². The minimum Gasteiger partial charge on any atom is -0.462 e. The minimum absolute atomic E-state index is 0.0814. The highest BCUT2D eigenvalue weighted by Gasteiger charge is 2.19. The monoisotopic (exact) mass is 937 g/mol. The van der Waals surface area contributed by atoms with Gasteiger partial charge in [-0.05, 0) is 103 Å². The van der Waals surface area contributed by atoms with Gasteiger partial charge in [0.15, 0.2) is 6.10 Å². The number of rotatable bonds is 52. The van der Waals surface area contributed by atoms with Gasteiger partial charge in [-0.25, -0.2) is 0 Å². The highest BCUT2D eigenvalue weighted by molar-refractivity contribution is 5.71. The maximum absolute atomic E-state index is 12.8. The molecule has 0 amide bonds. The number of carbonyl (C=O) groups is 3. The van der Waals surface area contributed by atoms with Crippen LogP contribution in [0.15, 0.2) is 60.8 Å². The maximum atomic E-state index is 12.8. The Bertz CT molecular complexity index is 1210. The molecule has 0 saturated heterocycles. The van der Waals surface area contributed by atoms with Crippen molar-refractivity contribution in [3.63, 3.8) is 0 Å². The molecule has 0 aliphatic carbocycles. The Morgan fingerprint density at radius 3 is 0.910 bits per heavy atom. The van der Waals surface area contributed by atoms with Gasteiger partial charge in [0.2, 0.25) is 0 Å². The first-order valence-corrected chi connectivity index (χ1v) is 28.8. The number of esters is 3. The number of unbranched alkanes of at least 4 members (excludes halogenated alkanes) is 31. The molecule has 0 saturated carbocycles. The molecule has 0 bridgehead atoms. The van der Waals surface area contributed by atoms with Crippen LogP contribution in [0.4, 0.5) is 0 Å². The Labute approximate surface area is 415 Å². The Kier molecular flexibility index (Phi) is 53.3. The second-order valence-electron chi connectivity index (χ2n) is 19.2. The predicted molar refractivity (Wildman–Crippen MR) is 288 cm³/mol. The molecule has 0 rings (SSSR count). The van der Waals surface area contributed by atoms with E-state index in [4.69, 9.17) is 14.2 Å². The molecule has 0 spiro atoms. The van der Waals surface area contributed by atoms with Gasteiger partial charge in [-0.3, -0.25) is 14.4 Å². The molecule has 0 aliphatic rings. The van der Waals surface area contributed by atoms with Crippen molar-refractivity contribution in [2.24, 2.45) is 0 Å². The van der Waals surface area contributed by atoms with Gasteiger partial charge in [0, 0.05) is 19.3 Å². The van der Waals surface area contributed by atoms with Crippen molar-refractivity contribution >= 4 is 17.9 Å². The first kappa shape index (κ1) is 64.1. The van der Waals surface area contributed by atoms with E-state index in [1.807, 2.05) is 0 Å². The lowest BCUT2D eigenvalue weighted by Gasteiger charge is -2.18. The molecular weight excluding hydrogens is 829 g/mol. The molecule has 0 aromatic rings. The summed E-state index contributed by atoms with van der Waals surface area (Å²) in [7, 11) is 0. The largest absolute Gasteiger partial charge is 0.462 e. The summed E-state index contributed by atoms with van der Waals surface area (Å²) in [5.74, 6) is -0.897. The SMILES string of the molecule is CCCC/C=C\CCCCCCCC(=O)OCC(COC(=O)CCCCCCCCCCCC/C=C\C/C=C\C/C=C\CCCCCCC)OC(=O)CCCCCCC/C=C\CCCCCC. The first-order chi connectivity index (χ1) is 33.0. The lowest BCUT2D eigenvalue weighted by Crippen LogP contribution is -2.30. The average molecular weight is 938 g/mol. The number of allylic oxidation sites excluding steroid dienone is 10. The zero-order chi connectivity index (χ0) is 48.6. The van der Waals surface area contributed by atoms with E-state index in [1.165, 1.54) is 161 Å². The van der Waals surface area contributed by atoms with Crippen molar-refractivity contribution < 1.29 is 28.6 Å². The molecule has 388 valence electrons. The van der Waals surface area contributed by atoms with Gasteiger partial charge in [-0.2, -0.15) is 0 Å². The minimum atomic E-state index is -0.782. The summed E-state index contributed by atoms with van der Waals surface area (Å²) in [6, 6.07) is 0. The molecule has 0 fully saturated rings. The van der Waals surface area contributed by atoms with Crippen LogP contribution in [0.25, 0.3) is 0 Å². The fourth-order valence-corrected chi connectivity index (χ4v) is 8.07. The number of carbonyl (C=O) groups excluding carboxylic acids is 3. The van der Waals surface area contributed by atoms with Crippen LogP contribution in [0.3, 0.4) is 0 Å². The van der Waals surface area contributed by atoms with Crippen LogP contribution in [0.1, 0.15) is 290 Å². The van der Waals surface area contributed by atoms with E-state index in [0.29, 0.717) is 19.3 Å². The maximum Gasteiger partial charge on any atom is 0.306 e. The van der Waals surface area contributed by atoms with E-state index >= 15 is 0 Å². The van der Waals surface area contributed by atoms with Crippen molar-refractivity contribution in [1.29, 1.82) is 0 Å². The van der Waals surface area contributed by atoms with Crippen LogP contribution in [0, 0.1) is 0 Å². The van der Waals surface area contributed by atoms with Crippen LogP contribution >= 0.6 is 0 Å². The lowest BCUT2D eigenvalue weighted by molar-refractivity contribution is -0.167. The Hall–Kier alpha value is -2.89. The van der Waals surface area contributed by atoms with Crippen LogP contribution in [0.2, 0.25) is 0 Å². The fraction of sp³-hybridized carbons (Fsp3) is 0.787. The zero-order valence-corrected chi connectivity index (χ0v) is 44.4. The standard InChI is InChI=1S/C61H108O6/c1-4-7-10-13-16-19-22-24-25-26-27-28-29-30-31-32-33-34-35-37-39-42-45-48-51-54-60(63)66-57-58(56-65-59(62)53-50-47-44-41-38-21-18-15-12-9-6-3)67-61(64)55-52-49-46-43-40-36-23-20-17-14-11-8-5-2/h15,18,20,22-24,26-27,29-30,58H,4-14,16-17,19,21,25,28,31-57H2,1-3H3/b18-15-,23-20-,24-22-,27-26-,30-29-. The van der Waals surface area contributed by atoms with Gasteiger partial charge in [-0.1, -0.05) is 229 Å². The molecule has 0 aromatic heterocycles. The lowest BCUT2D eigenvalue weighted by atomic mass is 10.1. The molecule has 0 aromatic carbocycles. The van der Waals surface area contributed by atoms with Gasteiger partial charge in [0.1, 0.15) is 13.2 Å². The third-order valence-electron chi connectivity index (χ3n) is 12.5. The molecule has 67 heavy (non-hydrogen) atoms. The van der Waals surface area contributed by atoms with E-state index in [2.05, 4.69) is 81.5 Å². The summed E-state index contributed by atoms with van der Waals surface area (Å²) in [5.41, 5.74) is 0. The summed E-state index contributed by atoms with van der Waals surface area (Å²) >= 11 is 0. The van der Waals surface area contributed by atoms with E-state index in [-0.39, 0.29) is 31.1 Å². The molecule has 0 heterocycles. The third-order valence-corrected chi connectivity index (χ3v) is 12.5. The summed E-state index contributed by atoms with van der Waals surface area (Å²) < 4.78 is 16.8. The van der Waals surface area contributed by atoms with Crippen LogP contribution < -0.4 is 0 Å². The molecule has 6 heteroatoms. The molecule has 1 unspecified atom stereocenters. The molecule has 0 aliphatic heterocycles. The van der Waals surface area contributed by atoms with Gasteiger partial charge in [0.05, 0.1) is 0 Å². The number of hydrogen-bond donors (Lipinski definition) is 0. The molecular formula is C61H108O6. The van der Waals surface area contributed by atoms with Crippen molar-refractivity contribution in [1.82, 2.24) is 0 Å². The number of ether oxygens (including phenoxy) is 3. The predicted octanol–water partition coefficient (Wildman–Crippen LogP) is 19.2. The van der Waals surface area contributed by atoms with E-state index < -0.39 is 6.10 Å². The molecule has 0 N–H and O–H groups in total. The van der Waals surface area contributed by atoms with Gasteiger partial charge < -0.3 is 14.2 Å². The zero-order valence-electron chi connectivity index (χ0n) is 44.4. The highest BCUT2D eigenvalue weighted by atomic mass is 16.6. The fourth-order valence-electron chi connectivity index (χ4n) is 8.07. The summed E-state index contributed by atoms with van der Waals surface area (Å²) in [5, 5.41) is 0. The third kappa shape index (κ3) is 53.9. The topological polar surface area (TPSA) is 78.9 Å². The first-order valence-electron chi connectivity index (χ1n) is 28.8. The van der Waals surface area contributed by atoms with Crippen molar-refractivity contribution in [2.45, 2.75) is 297 Å². The summed E-state index contributed by atoms with van der Waals surface area (Å²) in [4.78, 5) is 38.0. The van der Waals surface area contributed by atoms with Crippen molar-refractivity contribution in [2.75, 3.05) is 13.2 Å². The summed E-state index contributed by atoms with van der Waals surface area (Å²) in [6.45, 7) is 6.57. The molecule has 1 atom stereocenters. The van der Waals surface area contributed by atoms with Gasteiger partial charge in [-0.15, -0.1) is 0 Å². The Morgan fingerprint density at radius 1 is 0.299 bits per heavy atom. The molecule has 6 nitrogen and oxygen atoms in total. The van der Waals surface area contributed by atoms with Crippen LogP contribution in [-0.4, -0.2) is 37.2 Å². The van der Waals surface area contributed by atoms with Gasteiger partial charge in [0.25, 0.3) is 0 Å². The van der Waals surface area contributed by atoms with E-state index in [1.54, 1.807) is 0 Å². The smallest absolute Gasteiger partial charge is 0.306 e. The van der Waals surface area contributed by atoms with Crippen molar-refractivity contribution in [3.8, 4) is 0 Å². The Morgan fingerprint density at radius 2 is 0.552 bits per heavy atom. The number of hydrogen-bond acceptors (Lipinski definition) is 6. The highest BCUT2D eigenvalue weighted by Crippen LogP contribution is 2.15. The van der Waals surface area contributed by atoms with E-state index in [0.717, 1.165) is 89.9 Å². The quantitative estimate of drug-likeness (QED) is 0.0262. The van der Waals surface area contributed by atoms with Crippen molar-refractivity contribution in [3.05, 3.63) is 60.8 Å².